The Kier molecular flexibility index (Phi) is 3.48. The standard InChI is InChI=1S/C19H28O4/c1-13(14(20)22-4)6-18-8-16(2)7-17(3,9-18)11-19(10-16,12-18)15(21)23-5/h6H,7-12H2,1-5H3/b13-6+. The summed E-state index contributed by atoms with van der Waals surface area (Å²) in [6.07, 6.45) is 7.97. The number of esters is 2. The minimum atomic E-state index is -0.389. The zero-order valence-electron chi connectivity index (χ0n) is 15.0. The maximum Gasteiger partial charge on any atom is 0.333 e. The van der Waals surface area contributed by atoms with E-state index in [4.69, 9.17) is 9.47 Å². The molecule has 0 spiro atoms. The van der Waals surface area contributed by atoms with E-state index in [9.17, 15) is 9.59 Å². The number of rotatable bonds is 3. The van der Waals surface area contributed by atoms with E-state index < -0.39 is 0 Å². The van der Waals surface area contributed by atoms with E-state index in [1.54, 1.807) is 0 Å². The molecule has 0 radical (unpaired) electrons. The summed E-state index contributed by atoms with van der Waals surface area (Å²) >= 11 is 0. The summed E-state index contributed by atoms with van der Waals surface area (Å²) in [5, 5.41) is 0. The Morgan fingerprint density at radius 3 is 1.91 bits per heavy atom. The molecule has 4 saturated carbocycles. The van der Waals surface area contributed by atoms with Crippen LogP contribution in [0.5, 0.6) is 0 Å². The molecule has 4 nitrogen and oxygen atoms in total. The van der Waals surface area contributed by atoms with Crippen molar-refractivity contribution in [3.8, 4) is 0 Å². The monoisotopic (exact) mass is 320 g/mol. The van der Waals surface area contributed by atoms with Gasteiger partial charge in [0.1, 0.15) is 0 Å². The topological polar surface area (TPSA) is 52.6 Å². The van der Waals surface area contributed by atoms with Gasteiger partial charge in [-0.2, -0.15) is 0 Å². The fourth-order valence-electron chi connectivity index (χ4n) is 7.05. The Morgan fingerprint density at radius 1 is 0.870 bits per heavy atom. The number of hydrogen-bond acceptors (Lipinski definition) is 4. The van der Waals surface area contributed by atoms with Crippen LogP contribution in [0.2, 0.25) is 0 Å². The van der Waals surface area contributed by atoms with Crippen LogP contribution in [0.3, 0.4) is 0 Å². The molecule has 4 rings (SSSR count). The number of carbonyl (C=O) groups excluding carboxylic acids is 2. The van der Waals surface area contributed by atoms with Gasteiger partial charge in [-0.25, -0.2) is 4.79 Å². The lowest BCUT2D eigenvalue weighted by atomic mass is 9.36. The van der Waals surface area contributed by atoms with Gasteiger partial charge in [0, 0.05) is 5.57 Å². The van der Waals surface area contributed by atoms with E-state index >= 15 is 0 Å². The Hall–Kier alpha value is -1.32. The highest BCUT2D eigenvalue weighted by Crippen LogP contribution is 2.74. The molecule has 4 fully saturated rings. The van der Waals surface area contributed by atoms with Crippen LogP contribution in [0.15, 0.2) is 11.6 Å². The van der Waals surface area contributed by atoms with Gasteiger partial charge in [0.05, 0.1) is 19.6 Å². The van der Waals surface area contributed by atoms with Crippen LogP contribution >= 0.6 is 0 Å². The van der Waals surface area contributed by atoms with E-state index in [1.165, 1.54) is 14.2 Å². The first-order valence-corrected chi connectivity index (χ1v) is 8.45. The van der Waals surface area contributed by atoms with Crippen molar-refractivity contribution in [2.24, 2.45) is 21.7 Å². The van der Waals surface area contributed by atoms with Crippen LogP contribution in [0.1, 0.15) is 59.3 Å². The lowest BCUT2D eigenvalue weighted by Crippen LogP contribution is -2.61. The highest BCUT2D eigenvalue weighted by molar-refractivity contribution is 5.87. The lowest BCUT2D eigenvalue weighted by molar-refractivity contribution is -0.200. The zero-order valence-corrected chi connectivity index (χ0v) is 15.0. The van der Waals surface area contributed by atoms with Crippen molar-refractivity contribution in [3.05, 3.63) is 11.6 Å². The SMILES string of the molecule is COC(=O)/C(C)=C/C12CC3(C)CC(C)(C1)CC(C(=O)OC)(C3)C2. The predicted octanol–water partition coefficient (Wildman–Crippen LogP) is 3.65. The maximum absolute atomic E-state index is 12.6. The fraction of sp³-hybridized carbons (Fsp3) is 0.789. The second-order valence-corrected chi connectivity index (χ2v) is 9.14. The van der Waals surface area contributed by atoms with Gasteiger partial charge in [-0.1, -0.05) is 19.9 Å². The van der Waals surface area contributed by atoms with Gasteiger partial charge in [-0.3, -0.25) is 4.79 Å². The molecule has 0 heterocycles. The molecule has 0 aromatic rings. The van der Waals surface area contributed by atoms with Gasteiger partial charge in [0.15, 0.2) is 0 Å². The van der Waals surface area contributed by atoms with Crippen molar-refractivity contribution >= 4 is 11.9 Å². The molecular formula is C19H28O4. The normalized spacial score (nSPS) is 45.0. The molecule has 128 valence electrons. The molecule has 0 aromatic heterocycles. The summed E-state index contributed by atoms with van der Waals surface area (Å²) in [5.74, 6) is -0.342. The van der Waals surface area contributed by atoms with E-state index in [1.807, 2.05) is 6.92 Å². The Labute approximate surface area is 138 Å². The molecule has 0 saturated heterocycles. The predicted molar refractivity (Wildman–Crippen MR) is 86.6 cm³/mol. The number of hydrogen-bond donors (Lipinski definition) is 0. The first-order chi connectivity index (χ1) is 10.6. The number of carbonyl (C=O) groups is 2. The molecular weight excluding hydrogens is 292 g/mol. The molecule has 2 atom stereocenters. The second kappa shape index (κ2) is 4.84. The largest absolute Gasteiger partial charge is 0.469 e. The minimum Gasteiger partial charge on any atom is -0.469 e. The Balaban J connectivity index is 2.06. The van der Waals surface area contributed by atoms with E-state index in [-0.39, 0.29) is 33.6 Å². The average Bonchev–Trinajstić information content (AvgIpc) is 2.40. The van der Waals surface area contributed by atoms with Gasteiger partial charge in [0.25, 0.3) is 0 Å². The van der Waals surface area contributed by atoms with Gasteiger partial charge < -0.3 is 9.47 Å². The van der Waals surface area contributed by atoms with Crippen LogP contribution < -0.4 is 0 Å². The van der Waals surface area contributed by atoms with E-state index in [0.717, 1.165) is 38.5 Å². The summed E-state index contributed by atoms with van der Waals surface area (Å²) in [6.45, 7) is 6.42. The van der Waals surface area contributed by atoms with Crippen molar-refractivity contribution in [1.29, 1.82) is 0 Å². The zero-order chi connectivity index (χ0) is 17.1. The van der Waals surface area contributed by atoms with Crippen LogP contribution in [-0.4, -0.2) is 26.2 Å². The molecule has 4 aliphatic carbocycles. The van der Waals surface area contributed by atoms with Gasteiger partial charge >= 0.3 is 11.9 Å². The molecule has 4 aliphatic rings. The first-order valence-electron chi connectivity index (χ1n) is 8.45. The first kappa shape index (κ1) is 16.5. The van der Waals surface area contributed by atoms with Crippen LogP contribution in [0, 0.1) is 21.7 Å². The van der Waals surface area contributed by atoms with Crippen LogP contribution in [-0.2, 0) is 19.1 Å². The third-order valence-corrected chi connectivity index (χ3v) is 6.28. The summed E-state index contributed by atoms with van der Waals surface area (Å²) in [4.78, 5) is 24.5. The number of methoxy groups -OCH3 is 2. The molecule has 2 unspecified atom stereocenters. The summed E-state index contributed by atoms with van der Waals surface area (Å²) in [5.41, 5.74) is 0.460. The van der Waals surface area contributed by atoms with Gasteiger partial charge in [-0.05, 0) is 61.7 Å². The highest BCUT2D eigenvalue weighted by Gasteiger charge is 2.67. The van der Waals surface area contributed by atoms with Gasteiger partial charge in [0.2, 0.25) is 0 Å². The molecule has 4 heteroatoms. The summed E-state index contributed by atoms with van der Waals surface area (Å²) in [7, 11) is 2.91. The Morgan fingerprint density at radius 2 is 1.43 bits per heavy atom. The molecule has 0 aliphatic heterocycles. The minimum absolute atomic E-state index is 0.0671. The summed E-state index contributed by atoms with van der Waals surface area (Å²) in [6, 6.07) is 0. The van der Waals surface area contributed by atoms with E-state index in [2.05, 4.69) is 19.9 Å². The third kappa shape index (κ3) is 2.50. The molecule has 0 N–H and O–H groups in total. The quantitative estimate of drug-likeness (QED) is 0.588. The maximum atomic E-state index is 12.6. The molecule has 0 aromatic carbocycles. The smallest absolute Gasteiger partial charge is 0.333 e. The van der Waals surface area contributed by atoms with Gasteiger partial charge in [-0.15, -0.1) is 0 Å². The molecule has 23 heavy (non-hydrogen) atoms. The van der Waals surface area contributed by atoms with Crippen molar-refractivity contribution in [3.63, 3.8) is 0 Å². The lowest BCUT2D eigenvalue weighted by Gasteiger charge is -2.68. The van der Waals surface area contributed by atoms with Crippen molar-refractivity contribution in [2.45, 2.75) is 59.3 Å². The van der Waals surface area contributed by atoms with Crippen molar-refractivity contribution < 1.29 is 19.1 Å². The second-order valence-electron chi connectivity index (χ2n) is 9.14. The third-order valence-electron chi connectivity index (χ3n) is 6.28. The summed E-state index contributed by atoms with van der Waals surface area (Å²) < 4.78 is 10.1. The number of ether oxygens (including phenoxy) is 2. The fourth-order valence-corrected chi connectivity index (χ4v) is 7.05. The number of allylic oxidation sites excluding steroid dienone is 1. The van der Waals surface area contributed by atoms with Crippen molar-refractivity contribution in [1.82, 2.24) is 0 Å². The Bertz CT molecular complexity index is 570. The highest BCUT2D eigenvalue weighted by atomic mass is 16.5. The van der Waals surface area contributed by atoms with E-state index in [0.29, 0.717) is 5.57 Å². The molecule has 0 amide bonds. The average molecular weight is 320 g/mol. The van der Waals surface area contributed by atoms with Crippen LogP contribution in [0.4, 0.5) is 0 Å². The van der Waals surface area contributed by atoms with Crippen molar-refractivity contribution in [2.75, 3.05) is 14.2 Å². The molecule has 4 bridgehead atoms. The van der Waals surface area contributed by atoms with Crippen LogP contribution in [0.25, 0.3) is 0 Å².